The van der Waals surface area contributed by atoms with E-state index in [0.717, 1.165) is 0 Å². The van der Waals surface area contributed by atoms with Crippen LogP contribution < -0.4 is 5.32 Å². The molecule has 1 N–H and O–H groups in total. The van der Waals surface area contributed by atoms with E-state index >= 15 is 0 Å². The van der Waals surface area contributed by atoms with Crippen molar-refractivity contribution >= 4 is 0 Å². The van der Waals surface area contributed by atoms with Crippen LogP contribution in [-0.2, 0) is 0 Å². The van der Waals surface area contributed by atoms with Crippen LogP contribution in [0.3, 0.4) is 0 Å². The summed E-state index contributed by atoms with van der Waals surface area (Å²) in [6, 6.07) is 0.457. The average molecular weight is 153 g/mol. The van der Waals surface area contributed by atoms with Crippen molar-refractivity contribution in [1.29, 1.82) is 0 Å². The first-order valence-corrected chi connectivity index (χ1v) is 4.56. The maximum atomic E-state index is 3.77. The third kappa shape index (κ3) is 2.33. The molecule has 0 aromatic rings. The minimum Gasteiger partial charge on any atom is -0.306 e. The summed E-state index contributed by atoms with van der Waals surface area (Å²) >= 11 is 0. The Morgan fingerprint density at radius 3 is 2.45 bits per heavy atom. The Labute approximate surface area is 69.9 Å². The van der Waals surface area contributed by atoms with E-state index in [1.165, 1.54) is 25.7 Å². The standard InChI is InChI=1S/C10H19N/c1-4-9(2)11-10(3)7-5-6-8-10/h4,9,11H,1,5-8H2,2-3H3. The van der Waals surface area contributed by atoms with Gasteiger partial charge in [0.25, 0.3) is 0 Å². The predicted molar refractivity (Wildman–Crippen MR) is 49.7 cm³/mol. The zero-order valence-electron chi connectivity index (χ0n) is 7.69. The van der Waals surface area contributed by atoms with Crippen molar-refractivity contribution in [2.75, 3.05) is 0 Å². The van der Waals surface area contributed by atoms with E-state index < -0.39 is 0 Å². The van der Waals surface area contributed by atoms with Crippen molar-refractivity contribution in [3.8, 4) is 0 Å². The number of nitrogens with one attached hydrogen (secondary N) is 1. The van der Waals surface area contributed by atoms with Crippen molar-refractivity contribution < 1.29 is 0 Å². The molecule has 11 heavy (non-hydrogen) atoms. The van der Waals surface area contributed by atoms with E-state index in [2.05, 4.69) is 25.7 Å². The monoisotopic (exact) mass is 153 g/mol. The first kappa shape index (κ1) is 8.79. The summed E-state index contributed by atoms with van der Waals surface area (Å²) in [6.07, 6.45) is 7.39. The van der Waals surface area contributed by atoms with Gasteiger partial charge in [-0.3, -0.25) is 0 Å². The lowest BCUT2D eigenvalue weighted by Gasteiger charge is -2.28. The zero-order valence-corrected chi connectivity index (χ0v) is 7.69. The highest BCUT2D eigenvalue weighted by molar-refractivity contribution is 4.94. The van der Waals surface area contributed by atoms with E-state index in [1.807, 2.05) is 6.08 Å². The smallest absolute Gasteiger partial charge is 0.0224 e. The third-order valence-corrected chi connectivity index (χ3v) is 2.64. The number of hydrogen-bond acceptors (Lipinski definition) is 1. The molecule has 1 atom stereocenters. The van der Waals surface area contributed by atoms with E-state index in [0.29, 0.717) is 11.6 Å². The minimum atomic E-state index is 0.396. The second-order valence-corrected chi connectivity index (χ2v) is 3.94. The Kier molecular flexibility index (Phi) is 2.72. The van der Waals surface area contributed by atoms with Crippen molar-refractivity contribution in [1.82, 2.24) is 5.32 Å². The lowest BCUT2D eigenvalue weighted by atomic mass is 9.99. The molecule has 0 amide bonds. The molecule has 1 fully saturated rings. The first-order chi connectivity index (χ1) is 5.16. The maximum absolute atomic E-state index is 3.77. The summed E-state index contributed by atoms with van der Waals surface area (Å²) in [4.78, 5) is 0. The summed E-state index contributed by atoms with van der Waals surface area (Å²) in [7, 11) is 0. The quantitative estimate of drug-likeness (QED) is 0.614. The summed E-state index contributed by atoms with van der Waals surface area (Å²) in [5, 5.41) is 3.59. The van der Waals surface area contributed by atoms with E-state index in [-0.39, 0.29) is 0 Å². The summed E-state index contributed by atoms with van der Waals surface area (Å²) in [6.45, 7) is 8.25. The molecular formula is C10H19N. The van der Waals surface area contributed by atoms with Gasteiger partial charge in [-0.15, -0.1) is 6.58 Å². The highest BCUT2D eigenvalue weighted by Gasteiger charge is 2.28. The van der Waals surface area contributed by atoms with E-state index in [1.54, 1.807) is 0 Å². The minimum absolute atomic E-state index is 0.396. The largest absolute Gasteiger partial charge is 0.306 e. The Morgan fingerprint density at radius 1 is 1.45 bits per heavy atom. The molecule has 0 bridgehead atoms. The SMILES string of the molecule is C=CC(C)NC1(C)CCCC1. The molecule has 1 saturated carbocycles. The van der Waals surface area contributed by atoms with Gasteiger partial charge in [-0.2, -0.15) is 0 Å². The average Bonchev–Trinajstić information content (AvgIpc) is 2.36. The van der Waals surface area contributed by atoms with Gasteiger partial charge in [-0.05, 0) is 26.7 Å². The lowest BCUT2D eigenvalue weighted by molar-refractivity contribution is 0.347. The molecule has 0 heterocycles. The van der Waals surface area contributed by atoms with Crippen LogP contribution in [0, 0.1) is 0 Å². The fourth-order valence-corrected chi connectivity index (χ4v) is 1.91. The van der Waals surface area contributed by atoms with E-state index in [9.17, 15) is 0 Å². The van der Waals surface area contributed by atoms with Gasteiger partial charge in [0.15, 0.2) is 0 Å². The number of rotatable bonds is 3. The van der Waals surface area contributed by atoms with Crippen molar-refractivity contribution in [2.24, 2.45) is 0 Å². The molecule has 0 aromatic heterocycles. The fraction of sp³-hybridized carbons (Fsp3) is 0.800. The van der Waals surface area contributed by atoms with Crippen LogP contribution in [0.1, 0.15) is 39.5 Å². The highest BCUT2D eigenvalue weighted by atomic mass is 15.0. The van der Waals surface area contributed by atoms with Crippen LogP contribution in [0.5, 0.6) is 0 Å². The molecule has 0 saturated heterocycles. The molecule has 1 rings (SSSR count). The summed E-state index contributed by atoms with van der Waals surface area (Å²) < 4.78 is 0. The van der Waals surface area contributed by atoms with Gasteiger partial charge in [0, 0.05) is 11.6 Å². The van der Waals surface area contributed by atoms with Crippen LogP contribution in [0.4, 0.5) is 0 Å². The highest BCUT2D eigenvalue weighted by Crippen LogP contribution is 2.29. The summed E-state index contributed by atoms with van der Waals surface area (Å²) in [5.41, 5.74) is 0.396. The normalized spacial score (nSPS) is 24.9. The van der Waals surface area contributed by atoms with Gasteiger partial charge >= 0.3 is 0 Å². The third-order valence-electron chi connectivity index (χ3n) is 2.64. The van der Waals surface area contributed by atoms with Crippen molar-refractivity contribution in [3.05, 3.63) is 12.7 Å². The number of hydrogen-bond donors (Lipinski definition) is 1. The second-order valence-electron chi connectivity index (χ2n) is 3.94. The van der Waals surface area contributed by atoms with Crippen LogP contribution in [0.25, 0.3) is 0 Å². The Morgan fingerprint density at radius 2 is 2.00 bits per heavy atom. The van der Waals surface area contributed by atoms with Gasteiger partial charge in [-0.25, -0.2) is 0 Å². The molecule has 1 nitrogen and oxygen atoms in total. The van der Waals surface area contributed by atoms with Crippen LogP contribution in [0.15, 0.2) is 12.7 Å². The summed E-state index contributed by atoms with van der Waals surface area (Å²) in [5.74, 6) is 0. The Bertz CT molecular complexity index is 134. The van der Waals surface area contributed by atoms with Gasteiger partial charge in [0.1, 0.15) is 0 Å². The maximum Gasteiger partial charge on any atom is 0.0224 e. The molecule has 0 aliphatic heterocycles. The topological polar surface area (TPSA) is 12.0 Å². The van der Waals surface area contributed by atoms with Crippen LogP contribution >= 0.6 is 0 Å². The van der Waals surface area contributed by atoms with Gasteiger partial charge in [0.05, 0.1) is 0 Å². The molecule has 0 spiro atoms. The molecule has 0 radical (unpaired) electrons. The van der Waals surface area contributed by atoms with Crippen molar-refractivity contribution in [3.63, 3.8) is 0 Å². The molecular weight excluding hydrogens is 134 g/mol. The zero-order chi connectivity index (χ0) is 8.32. The predicted octanol–water partition coefficient (Wildman–Crippen LogP) is 2.48. The lowest BCUT2D eigenvalue weighted by Crippen LogP contribution is -2.44. The van der Waals surface area contributed by atoms with Crippen LogP contribution in [-0.4, -0.2) is 11.6 Å². The molecule has 64 valence electrons. The van der Waals surface area contributed by atoms with Gasteiger partial charge in [0.2, 0.25) is 0 Å². The first-order valence-electron chi connectivity index (χ1n) is 4.56. The van der Waals surface area contributed by atoms with Crippen LogP contribution in [0.2, 0.25) is 0 Å². The van der Waals surface area contributed by atoms with Gasteiger partial charge < -0.3 is 5.32 Å². The molecule has 0 aromatic carbocycles. The molecule has 1 aliphatic carbocycles. The van der Waals surface area contributed by atoms with Crippen molar-refractivity contribution in [2.45, 2.75) is 51.1 Å². The second kappa shape index (κ2) is 3.40. The fourth-order valence-electron chi connectivity index (χ4n) is 1.91. The Balaban J connectivity index is 2.39. The molecule has 1 heteroatoms. The molecule has 1 aliphatic rings. The molecule has 1 unspecified atom stereocenters. The van der Waals surface area contributed by atoms with Gasteiger partial charge in [-0.1, -0.05) is 18.9 Å². The Hall–Kier alpha value is -0.300. The van der Waals surface area contributed by atoms with E-state index in [4.69, 9.17) is 0 Å².